The lowest BCUT2D eigenvalue weighted by Gasteiger charge is -2.18. The molecule has 7 nitrogen and oxygen atoms in total. The molecule has 0 bridgehead atoms. The number of nitrogen functional groups attached to an aromatic ring is 1. The predicted molar refractivity (Wildman–Crippen MR) is 108 cm³/mol. The Morgan fingerprint density at radius 2 is 1.75 bits per heavy atom. The molecule has 0 radical (unpaired) electrons. The number of nitrogens with zero attached hydrogens (tertiary/aromatic N) is 2. The Bertz CT molecular complexity index is 1000. The number of carboxylic acid groups (broad SMARTS) is 1. The smallest absolute Gasteiger partial charge is 0.356 e. The van der Waals surface area contributed by atoms with Gasteiger partial charge in [-0.15, -0.1) is 0 Å². The van der Waals surface area contributed by atoms with Crippen molar-refractivity contribution < 1.29 is 19.4 Å². The van der Waals surface area contributed by atoms with Gasteiger partial charge in [0.15, 0.2) is 5.69 Å². The highest BCUT2D eigenvalue weighted by molar-refractivity contribution is 5.88. The van der Waals surface area contributed by atoms with E-state index in [1.165, 1.54) is 6.07 Å². The molecule has 146 valence electrons. The molecule has 0 aliphatic carbocycles. The van der Waals surface area contributed by atoms with Gasteiger partial charge in [0.05, 0.1) is 31.2 Å². The van der Waals surface area contributed by atoms with Gasteiger partial charge in [-0.1, -0.05) is 19.9 Å². The molecule has 0 saturated heterocycles. The Kier molecular flexibility index (Phi) is 5.26. The summed E-state index contributed by atoms with van der Waals surface area (Å²) in [6.45, 7) is 4.09. The summed E-state index contributed by atoms with van der Waals surface area (Å²) in [5.74, 6) is 0.150. The van der Waals surface area contributed by atoms with Crippen molar-refractivity contribution in [3.63, 3.8) is 0 Å². The average Bonchev–Trinajstić information content (AvgIpc) is 3.12. The summed E-state index contributed by atoms with van der Waals surface area (Å²) >= 11 is 0. The Labute approximate surface area is 163 Å². The van der Waals surface area contributed by atoms with E-state index in [-0.39, 0.29) is 11.6 Å². The molecule has 1 heterocycles. The molecule has 0 aliphatic rings. The molecule has 0 saturated carbocycles. The number of ether oxygens (including phenoxy) is 2. The first-order chi connectivity index (χ1) is 13.4. The Morgan fingerprint density at radius 1 is 1.11 bits per heavy atom. The number of carboxylic acids is 1. The van der Waals surface area contributed by atoms with Crippen LogP contribution in [0, 0.1) is 0 Å². The van der Waals surface area contributed by atoms with Gasteiger partial charge >= 0.3 is 5.97 Å². The van der Waals surface area contributed by atoms with E-state index < -0.39 is 5.97 Å². The maximum Gasteiger partial charge on any atom is 0.356 e. The Balaban J connectivity index is 2.37. The molecule has 2 aromatic carbocycles. The van der Waals surface area contributed by atoms with Crippen LogP contribution in [-0.2, 0) is 0 Å². The quantitative estimate of drug-likeness (QED) is 0.627. The first-order valence-electron chi connectivity index (χ1n) is 8.81. The molecular formula is C21H23N3O4. The number of hydrogen-bond acceptors (Lipinski definition) is 5. The summed E-state index contributed by atoms with van der Waals surface area (Å²) < 4.78 is 12.6. The molecule has 3 N–H and O–H groups in total. The van der Waals surface area contributed by atoms with Gasteiger partial charge in [0.25, 0.3) is 0 Å². The molecule has 0 aliphatic heterocycles. The van der Waals surface area contributed by atoms with Crippen LogP contribution < -0.4 is 15.2 Å². The molecule has 0 amide bonds. The van der Waals surface area contributed by atoms with Crippen LogP contribution in [0.5, 0.6) is 11.5 Å². The van der Waals surface area contributed by atoms with Crippen molar-refractivity contribution in [1.82, 2.24) is 9.78 Å². The van der Waals surface area contributed by atoms with E-state index >= 15 is 0 Å². The third kappa shape index (κ3) is 3.38. The SMILES string of the molecule is COc1cccc(OC)c1-c1cc(C(=O)O)nn1-c1ccc(N)cc1C(C)C. The number of aromatic carboxylic acids is 1. The van der Waals surface area contributed by atoms with E-state index in [9.17, 15) is 9.90 Å². The first kappa shape index (κ1) is 19.3. The van der Waals surface area contributed by atoms with E-state index in [0.717, 1.165) is 11.3 Å². The van der Waals surface area contributed by atoms with Crippen molar-refractivity contribution in [3.8, 4) is 28.4 Å². The van der Waals surface area contributed by atoms with Gasteiger partial charge in [0.2, 0.25) is 0 Å². The molecular weight excluding hydrogens is 358 g/mol. The van der Waals surface area contributed by atoms with Gasteiger partial charge in [0, 0.05) is 5.69 Å². The van der Waals surface area contributed by atoms with Crippen LogP contribution in [0.15, 0.2) is 42.5 Å². The van der Waals surface area contributed by atoms with Gasteiger partial charge in [-0.3, -0.25) is 0 Å². The zero-order valence-corrected chi connectivity index (χ0v) is 16.3. The molecule has 0 spiro atoms. The fourth-order valence-electron chi connectivity index (χ4n) is 3.18. The van der Waals surface area contributed by atoms with Crippen molar-refractivity contribution in [2.75, 3.05) is 20.0 Å². The maximum atomic E-state index is 11.7. The summed E-state index contributed by atoms with van der Waals surface area (Å²) in [4.78, 5) is 11.7. The van der Waals surface area contributed by atoms with Gasteiger partial charge < -0.3 is 20.3 Å². The summed E-state index contributed by atoms with van der Waals surface area (Å²) in [7, 11) is 3.11. The predicted octanol–water partition coefficient (Wildman–Crippen LogP) is 3.96. The highest BCUT2D eigenvalue weighted by Gasteiger charge is 2.23. The molecule has 3 aromatic rings. The van der Waals surface area contributed by atoms with Crippen LogP contribution in [0.3, 0.4) is 0 Å². The number of hydrogen-bond donors (Lipinski definition) is 2. The lowest BCUT2D eigenvalue weighted by molar-refractivity contribution is 0.0690. The lowest BCUT2D eigenvalue weighted by Crippen LogP contribution is -2.07. The highest BCUT2D eigenvalue weighted by atomic mass is 16.5. The van der Waals surface area contributed by atoms with E-state index in [1.807, 2.05) is 32.0 Å². The molecule has 0 atom stereocenters. The zero-order chi connectivity index (χ0) is 20.4. The van der Waals surface area contributed by atoms with Crippen molar-refractivity contribution in [2.45, 2.75) is 19.8 Å². The summed E-state index contributed by atoms with van der Waals surface area (Å²) in [6.07, 6.45) is 0. The van der Waals surface area contributed by atoms with Crippen LogP contribution in [0.1, 0.15) is 35.8 Å². The van der Waals surface area contributed by atoms with Gasteiger partial charge in [0.1, 0.15) is 11.5 Å². The summed E-state index contributed by atoms with van der Waals surface area (Å²) in [5, 5.41) is 13.9. The van der Waals surface area contributed by atoms with E-state index in [1.54, 1.807) is 37.1 Å². The Morgan fingerprint density at radius 3 is 2.29 bits per heavy atom. The normalized spacial score (nSPS) is 10.9. The number of rotatable bonds is 6. The third-order valence-corrected chi connectivity index (χ3v) is 4.51. The largest absolute Gasteiger partial charge is 0.496 e. The van der Waals surface area contributed by atoms with Gasteiger partial charge in [-0.2, -0.15) is 5.10 Å². The van der Waals surface area contributed by atoms with Crippen molar-refractivity contribution >= 4 is 11.7 Å². The molecule has 1 aromatic heterocycles. The minimum atomic E-state index is -1.12. The molecule has 28 heavy (non-hydrogen) atoms. The summed E-state index contributed by atoms with van der Waals surface area (Å²) in [6, 6.07) is 12.4. The van der Waals surface area contributed by atoms with Crippen LogP contribution in [0.2, 0.25) is 0 Å². The molecule has 7 heteroatoms. The van der Waals surface area contributed by atoms with Crippen LogP contribution in [0.25, 0.3) is 16.9 Å². The second-order valence-electron chi connectivity index (χ2n) is 6.64. The molecule has 0 fully saturated rings. The number of methoxy groups -OCH3 is 2. The lowest BCUT2D eigenvalue weighted by atomic mass is 10.00. The monoisotopic (exact) mass is 381 g/mol. The second-order valence-corrected chi connectivity index (χ2v) is 6.64. The highest BCUT2D eigenvalue weighted by Crippen LogP contribution is 2.40. The minimum Gasteiger partial charge on any atom is -0.496 e. The van der Waals surface area contributed by atoms with Gasteiger partial charge in [-0.25, -0.2) is 9.48 Å². The fraction of sp³-hybridized carbons (Fsp3) is 0.238. The number of carbonyl (C=O) groups is 1. The van der Waals surface area contributed by atoms with Crippen LogP contribution in [0.4, 0.5) is 5.69 Å². The third-order valence-electron chi connectivity index (χ3n) is 4.51. The zero-order valence-electron chi connectivity index (χ0n) is 16.3. The summed E-state index contributed by atoms with van der Waals surface area (Å²) in [5.41, 5.74) is 9.41. The number of anilines is 1. The number of aromatic nitrogens is 2. The maximum absolute atomic E-state index is 11.7. The van der Waals surface area contributed by atoms with Crippen molar-refractivity contribution in [2.24, 2.45) is 0 Å². The number of nitrogens with two attached hydrogens (primary N) is 1. The second kappa shape index (κ2) is 7.64. The topological polar surface area (TPSA) is 99.6 Å². The minimum absolute atomic E-state index is 0.0745. The van der Waals surface area contributed by atoms with Crippen LogP contribution >= 0.6 is 0 Å². The fourth-order valence-corrected chi connectivity index (χ4v) is 3.18. The van der Waals surface area contributed by atoms with E-state index in [2.05, 4.69) is 5.10 Å². The standard InChI is InChI=1S/C21H23N3O4/c1-12(2)14-10-13(22)8-9-16(14)24-17(11-15(23-24)21(25)26)20-18(27-3)6-5-7-19(20)28-4/h5-12H,22H2,1-4H3,(H,25,26). The number of benzene rings is 2. The molecule has 3 rings (SSSR count). The van der Waals surface area contributed by atoms with Gasteiger partial charge in [-0.05, 0) is 47.9 Å². The van der Waals surface area contributed by atoms with Crippen molar-refractivity contribution in [1.29, 1.82) is 0 Å². The van der Waals surface area contributed by atoms with Crippen LogP contribution in [-0.4, -0.2) is 35.1 Å². The first-order valence-corrected chi connectivity index (χ1v) is 8.81. The molecule has 0 unspecified atom stereocenters. The Hall–Kier alpha value is -3.48. The van der Waals surface area contributed by atoms with E-state index in [0.29, 0.717) is 28.4 Å². The average molecular weight is 381 g/mol. The van der Waals surface area contributed by atoms with E-state index in [4.69, 9.17) is 15.2 Å². The van der Waals surface area contributed by atoms with Crippen molar-refractivity contribution in [3.05, 3.63) is 53.7 Å².